The van der Waals surface area contributed by atoms with E-state index in [1.807, 2.05) is 6.92 Å². The SMILES string of the molecule is C[C@H]1CC[C@H]2N(C1)C[C@@H]1[C@@](O)([C@H](O)C[C@]3(O)[C@@H]4CC[C@@H]5[C@]6(O)O[C@@]4(C[C@]13O)[C@@]5(C)CC[C@H]6O)[C@]2(C)O. The largest absolute Gasteiger partial charge is 0.390 e. The monoisotopic (exact) mass is 509 g/mol. The summed E-state index contributed by atoms with van der Waals surface area (Å²) >= 11 is 0. The molecular weight excluding hydrogens is 466 g/mol. The molecule has 1 spiro atoms. The van der Waals surface area contributed by atoms with Gasteiger partial charge in [0.1, 0.15) is 28.5 Å². The van der Waals surface area contributed by atoms with Gasteiger partial charge in [-0.1, -0.05) is 13.8 Å². The minimum atomic E-state index is -2.02. The average molecular weight is 510 g/mol. The normalized spacial score (nSPS) is 68.0. The van der Waals surface area contributed by atoms with Crippen LogP contribution in [0, 0.1) is 29.1 Å². The molecule has 0 aromatic carbocycles. The van der Waals surface area contributed by atoms with Crippen molar-refractivity contribution in [3.63, 3.8) is 0 Å². The number of ether oxygens (including phenoxy) is 1. The molecule has 9 nitrogen and oxygen atoms in total. The molecule has 9 heteroatoms. The molecule has 7 fully saturated rings. The summed E-state index contributed by atoms with van der Waals surface area (Å²) in [5.74, 6) is -3.30. The fourth-order valence-electron chi connectivity index (χ4n) is 11.3. The van der Waals surface area contributed by atoms with E-state index >= 15 is 0 Å². The van der Waals surface area contributed by atoms with Gasteiger partial charge in [-0.15, -0.1) is 0 Å². The Morgan fingerprint density at radius 3 is 2.19 bits per heavy atom. The van der Waals surface area contributed by atoms with E-state index < -0.39 is 63.3 Å². The van der Waals surface area contributed by atoms with Crippen molar-refractivity contribution < 1.29 is 40.5 Å². The molecule has 0 aromatic rings. The first kappa shape index (κ1) is 24.7. The van der Waals surface area contributed by atoms with E-state index in [-0.39, 0.29) is 31.3 Å². The Labute approximate surface area is 212 Å². The summed E-state index contributed by atoms with van der Waals surface area (Å²) in [5, 5.41) is 83.2. The van der Waals surface area contributed by atoms with E-state index in [1.165, 1.54) is 0 Å². The van der Waals surface area contributed by atoms with Gasteiger partial charge in [0.15, 0.2) is 5.79 Å². The van der Waals surface area contributed by atoms with Crippen LogP contribution in [0.1, 0.15) is 72.1 Å². The number of fused-ring (bicyclic) bond motifs is 5. The summed E-state index contributed by atoms with van der Waals surface area (Å²) in [6.45, 7) is 6.70. The van der Waals surface area contributed by atoms with Crippen LogP contribution in [0.25, 0.3) is 0 Å². The third-order valence-electron chi connectivity index (χ3n) is 13.1. The van der Waals surface area contributed by atoms with Crippen molar-refractivity contribution in [2.75, 3.05) is 13.1 Å². The van der Waals surface area contributed by atoms with Crippen molar-refractivity contribution in [3.05, 3.63) is 0 Å². The topological polar surface area (TPSA) is 154 Å². The Balaban J connectivity index is 1.39. The van der Waals surface area contributed by atoms with Gasteiger partial charge in [-0.3, -0.25) is 4.90 Å². The summed E-state index contributed by atoms with van der Waals surface area (Å²) in [4.78, 5) is 2.12. The Morgan fingerprint density at radius 1 is 0.778 bits per heavy atom. The van der Waals surface area contributed by atoms with E-state index in [9.17, 15) is 35.7 Å². The Morgan fingerprint density at radius 2 is 1.47 bits per heavy atom. The molecule has 7 N–H and O–H groups in total. The molecule has 0 radical (unpaired) electrons. The van der Waals surface area contributed by atoms with E-state index in [1.54, 1.807) is 6.92 Å². The zero-order valence-electron chi connectivity index (χ0n) is 21.6. The van der Waals surface area contributed by atoms with Crippen molar-refractivity contribution in [1.82, 2.24) is 4.90 Å². The van der Waals surface area contributed by atoms with Gasteiger partial charge in [-0.05, 0) is 51.4 Å². The van der Waals surface area contributed by atoms with Gasteiger partial charge in [-0.2, -0.15) is 0 Å². The summed E-state index contributed by atoms with van der Waals surface area (Å²) in [5.41, 5.74) is -9.07. The van der Waals surface area contributed by atoms with Crippen molar-refractivity contribution in [2.24, 2.45) is 29.1 Å². The van der Waals surface area contributed by atoms with Gasteiger partial charge in [-0.25, -0.2) is 0 Å². The molecule has 36 heavy (non-hydrogen) atoms. The maximum absolute atomic E-state index is 12.7. The zero-order chi connectivity index (χ0) is 25.9. The molecule has 7 aliphatic rings. The van der Waals surface area contributed by atoms with Crippen LogP contribution in [0.15, 0.2) is 0 Å². The predicted octanol–water partition coefficient (Wildman–Crippen LogP) is -0.526. The number of aliphatic hydroxyl groups excluding tert-OH is 2. The maximum Gasteiger partial charge on any atom is 0.196 e. The number of piperidine rings is 2. The van der Waals surface area contributed by atoms with E-state index in [4.69, 9.17) is 4.74 Å². The summed E-state index contributed by atoms with van der Waals surface area (Å²) < 4.78 is 6.52. The molecule has 7 rings (SSSR count). The van der Waals surface area contributed by atoms with Crippen LogP contribution >= 0.6 is 0 Å². The lowest BCUT2D eigenvalue weighted by molar-refractivity contribution is -0.354. The van der Waals surface area contributed by atoms with Crippen LogP contribution in [0.5, 0.6) is 0 Å². The number of nitrogens with zero attached hydrogens (tertiary/aromatic N) is 1. The van der Waals surface area contributed by atoms with Gasteiger partial charge < -0.3 is 40.5 Å². The second-order valence-electron chi connectivity index (χ2n) is 14.3. The Kier molecular flexibility index (Phi) is 4.57. The van der Waals surface area contributed by atoms with E-state index in [0.717, 1.165) is 6.42 Å². The second kappa shape index (κ2) is 6.67. The quantitative estimate of drug-likeness (QED) is 0.228. The van der Waals surface area contributed by atoms with E-state index in [2.05, 4.69) is 11.8 Å². The molecule has 0 amide bonds. The first-order valence-electron chi connectivity index (χ1n) is 14.0. The molecule has 204 valence electrons. The second-order valence-corrected chi connectivity index (χ2v) is 14.3. The molecule has 3 saturated heterocycles. The number of aliphatic hydroxyl groups is 7. The maximum atomic E-state index is 12.7. The van der Waals surface area contributed by atoms with E-state index in [0.29, 0.717) is 44.6 Å². The summed E-state index contributed by atoms with van der Waals surface area (Å²) in [6.07, 6.45) is 0.752. The van der Waals surface area contributed by atoms with Gasteiger partial charge in [0, 0.05) is 55.1 Å². The predicted molar refractivity (Wildman–Crippen MR) is 126 cm³/mol. The van der Waals surface area contributed by atoms with Crippen LogP contribution in [0.2, 0.25) is 0 Å². The molecule has 4 bridgehead atoms. The van der Waals surface area contributed by atoms with Crippen LogP contribution in [0.3, 0.4) is 0 Å². The highest BCUT2D eigenvalue weighted by atomic mass is 16.7. The fraction of sp³-hybridized carbons (Fsp3) is 1.00. The van der Waals surface area contributed by atoms with Gasteiger partial charge in [0.05, 0.1) is 11.7 Å². The zero-order valence-corrected chi connectivity index (χ0v) is 21.6. The molecule has 4 aliphatic carbocycles. The highest BCUT2D eigenvalue weighted by Crippen LogP contribution is 2.78. The minimum absolute atomic E-state index is 0.0208. The fourth-order valence-corrected chi connectivity index (χ4v) is 11.3. The minimum Gasteiger partial charge on any atom is -0.390 e. The molecule has 0 unspecified atom stereocenters. The van der Waals surface area contributed by atoms with Crippen molar-refractivity contribution in [3.8, 4) is 0 Å². The Hall–Kier alpha value is -0.360. The van der Waals surface area contributed by atoms with Crippen LogP contribution in [-0.4, -0.2) is 106 Å². The number of hydrogen-bond acceptors (Lipinski definition) is 9. The van der Waals surface area contributed by atoms with Gasteiger partial charge in [0.2, 0.25) is 0 Å². The molecule has 3 heterocycles. The molecule has 3 aliphatic heterocycles. The van der Waals surface area contributed by atoms with Crippen molar-refractivity contribution >= 4 is 0 Å². The standard InChI is InChI=1S/C27H43NO8/c1-14-4-7-18-22(3,31)26(34)17(12-28(18)11-14)24(33)13-25-16(23(24,32)10-20(26)30)6-5-15-21(25,2)9-8-19(29)27(15,35)36-25/h14-20,29-35H,4-13H2,1-3H3/t14-,15-,16-,17-,18+,19+,20+,21-,22+,23-,24-,25+,26+,27-/m0/s1. The van der Waals surface area contributed by atoms with Gasteiger partial charge >= 0.3 is 0 Å². The van der Waals surface area contributed by atoms with Crippen LogP contribution < -0.4 is 0 Å². The first-order chi connectivity index (χ1) is 16.6. The average Bonchev–Trinajstić information content (AvgIpc) is 2.97. The van der Waals surface area contributed by atoms with Crippen LogP contribution in [0.4, 0.5) is 0 Å². The van der Waals surface area contributed by atoms with Crippen molar-refractivity contribution in [1.29, 1.82) is 0 Å². The highest BCUT2D eigenvalue weighted by molar-refractivity contribution is 5.37. The lowest BCUT2D eigenvalue weighted by Gasteiger charge is -2.68. The molecule has 4 saturated carbocycles. The lowest BCUT2D eigenvalue weighted by atomic mass is 9.49. The molecule has 0 aromatic heterocycles. The van der Waals surface area contributed by atoms with Crippen LogP contribution in [-0.2, 0) is 4.74 Å². The highest BCUT2D eigenvalue weighted by Gasteiger charge is 2.88. The number of rotatable bonds is 0. The summed E-state index contributed by atoms with van der Waals surface area (Å²) in [6, 6.07) is -0.360. The molecular formula is C27H43NO8. The Bertz CT molecular complexity index is 995. The summed E-state index contributed by atoms with van der Waals surface area (Å²) in [7, 11) is 0. The smallest absolute Gasteiger partial charge is 0.196 e. The third kappa shape index (κ3) is 2.27. The first-order valence-corrected chi connectivity index (χ1v) is 14.0. The van der Waals surface area contributed by atoms with Crippen molar-refractivity contribution in [2.45, 2.75) is 124 Å². The van der Waals surface area contributed by atoms with Gasteiger partial charge in [0.25, 0.3) is 0 Å². The third-order valence-corrected chi connectivity index (χ3v) is 13.1. The lowest BCUT2D eigenvalue weighted by Crippen LogP contribution is -2.85. The number of hydrogen-bond donors (Lipinski definition) is 7. The molecule has 14 atom stereocenters.